The fourth-order valence-electron chi connectivity index (χ4n) is 1.00. The Hall–Kier alpha value is -0.260. The van der Waals surface area contributed by atoms with Gasteiger partial charge < -0.3 is 5.11 Å². The van der Waals surface area contributed by atoms with Crippen LogP contribution in [0.2, 0.25) is 0 Å². The van der Waals surface area contributed by atoms with Gasteiger partial charge in [-0.25, -0.2) is 13.8 Å². The summed E-state index contributed by atoms with van der Waals surface area (Å²) < 4.78 is 25.1. The third kappa shape index (κ3) is 2.40. The Kier molecular flexibility index (Phi) is 4.22. The second-order valence-electron chi connectivity index (χ2n) is 2.58. The van der Waals surface area contributed by atoms with E-state index in [2.05, 4.69) is 20.9 Å². The zero-order chi connectivity index (χ0) is 10.7. The molecule has 0 aromatic carbocycles. The number of rotatable bonds is 3. The van der Waals surface area contributed by atoms with Crippen LogP contribution in [0, 0.1) is 0 Å². The molecule has 1 aromatic heterocycles. The summed E-state index contributed by atoms with van der Waals surface area (Å²) in [4.78, 5) is 3.64. The molecule has 0 aliphatic carbocycles. The van der Waals surface area contributed by atoms with Crippen molar-refractivity contribution in [1.29, 1.82) is 0 Å². The number of alkyl halides is 3. The smallest absolute Gasteiger partial charge is 0.280 e. The molecule has 0 spiro atoms. The standard InChI is InChI=1S/C8H7BrClF2NO/c9-7-4(2-10)1-5(3-14)6(13-7)8(11)12/h1,8,14H,2-3H2. The minimum absolute atomic E-state index is 0.110. The molecule has 1 N–H and O–H groups in total. The fraction of sp³-hybridized carbons (Fsp3) is 0.375. The van der Waals surface area contributed by atoms with E-state index in [-0.39, 0.29) is 11.4 Å². The Morgan fingerprint density at radius 1 is 1.50 bits per heavy atom. The van der Waals surface area contributed by atoms with Crippen molar-refractivity contribution in [3.63, 3.8) is 0 Å². The van der Waals surface area contributed by atoms with E-state index in [1.807, 2.05) is 0 Å². The van der Waals surface area contributed by atoms with Crippen molar-refractivity contribution in [1.82, 2.24) is 4.98 Å². The number of hydrogen-bond acceptors (Lipinski definition) is 2. The molecular weight excluding hydrogens is 279 g/mol. The molecule has 2 nitrogen and oxygen atoms in total. The normalized spacial score (nSPS) is 11.0. The lowest BCUT2D eigenvalue weighted by molar-refractivity contribution is 0.141. The fourth-order valence-corrected chi connectivity index (χ4v) is 1.81. The number of pyridine rings is 1. The zero-order valence-electron chi connectivity index (χ0n) is 6.98. The van der Waals surface area contributed by atoms with Gasteiger partial charge in [0.25, 0.3) is 6.43 Å². The van der Waals surface area contributed by atoms with E-state index in [1.165, 1.54) is 6.07 Å². The highest BCUT2D eigenvalue weighted by atomic mass is 79.9. The van der Waals surface area contributed by atoms with Crippen LogP contribution < -0.4 is 0 Å². The van der Waals surface area contributed by atoms with Gasteiger partial charge in [-0.05, 0) is 22.0 Å². The number of halogens is 4. The van der Waals surface area contributed by atoms with Crippen molar-refractivity contribution in [2.24, 2.45) is 0 Å². The molecule has 1 aromatic rings. The molecule has 0 aliphatic rings. The summed E-state index contributed by atoms with van der Waals surface area (Å²) in [7, 11) is 0. The Morgan fingerprint density at radius 3 is 2.57 bits per heavy atom. The quantitative estimate of drug-likeness (QED) is 0.684. The molecule has 6 heteroatoms. The summed E-state index contributed by atoms with van der Waals surface area (Å²) >= 11 is 8.58. The molecule has 0 aliphatic heterocycles. The average molecular weight is 287 g/mol. The van der Waals surface area contributed by atoms with Crippen LogP contribution in [0.5, 0.6) is 0 Å². The van der Waals surface area contributed by atoms with Crippen molar-refractivity contribution in [2.75, 3.05) is 0 Å². The summed E-state index contributed by atoms with van der Waals surface area (Å²) in [6, 6.07) is 1.42. The van der Waals surface area contributed by atoms with Crippen LogP contribution in [0.25, 0.3) is 0 Å². The average Bonchev–Trinajstić information content (AvgIpc) is 2.17. The maximum absolute atomic E-state index is 12.4. The Balaban J connectivity index is 3.24. The highest BCUT2D eigenvalue weighted by Crippen LogP contribution is 2.26. The van der Waals surface area contributed by atoms with Crippen LogP contribution in [0.1, 0.15) is 23.2 Å². The summed E-state index contributed by atoms with van der Waals surface area (Å²) in [6.45, 7) is -0.468. The third-order valence-electron chi connectivity index (χ3n) is 1.68. The van der Waals surface area contributed by atoms with Crippen molar-refractivity contribution in [2.45, 2.75) is 18.9 Å². The number of aliphatic hydroxyl groups is 1. The van der Waals surface area contributed by atoms with E-state index >= 15 is 0 Å². The number of aromatic nitrogens is 1. The Labute approximate surface area is 93.0 Å². The SMILES string of the molecule is OCc1cc(CCl)c(Br)nc1C(F)F. The number of aliphatic hydroxyl groups excluding tert-OH is 1. The molecule has 78 valence electrons. The summed E-state index contributed by atoms with van der Waals surface area (Å²) in [5.74, 6) is 0.157. The van der Waals surface area contributed by atoms with Crippen LogP contribution in [-0.4, -0.2) is 10.1 Å². The van der Waals surface area contributed by atoms with Gasteiger partial charge in [-0.15, -0.1) is 11.6 Å². The molecular formula is C8H7BrClF2NO. The van der Waals surface area contributed by atoms with Gasteiger partial charge in [-0.2, -0.15) is 0 Å². The zero-order valence-corrected chi connectivity index (χ0v) is 9.32. The maximum Gasteiger partial charge on any atom is 0.280 e. The van der Waals surface area contributed by atoms with Crippen LogP contribution in [0.15, 0.2) is 10.7 Å². The van der Waals surface area contributed by atoms with Crippen molar-refractivity contribution in [3.8, 4) is 0 Å². The first kappa shape index (κ1) is 11.8. The van der Waals surface area contributed by atoms with E-state index in [4.69, 9.17) is 16.7 Å². The molecule has 0 atom stereocenters. The molecule has 0 fully saturated rings. The van der Waals surface area contributed by atoms with Crippen LogP contribution in [0.4, 0.5) is 8.78 Å². The molecule has 14 heavy (non-hydrogen) atoms. The van der Waals surface area contributed by atoms with Gasteiger partial charge in [-0.3, -0.25) is 0 Å². The molecule has 0 bridgehead atoms. The molecule has 0 amide bonds. The van der Waals surface area contributed by atoms with E-state index in [0.717, 1.165) is 0 Å². The van der Waals surface area contributed by atoms with Gasteiger partial charge >= 0.3 is 0 Å². The van der Waals surface area contributed by atoms with Crippen molar-refractivity contribution >= 4 is 27.5 Å². The highest BCUT2D eigenvalue weighted by Gasteiger charge is 2.16. The van der Waals surface area contributed by atoms with Gasteiger partial charge in [-0.1, -0.05) is 0 Å². The molecule has 1 heterocycles. The Morgan fingerprint density at radius 2 is 2.14 bits per heavy atom. The number of hydrogen-bond donors (Lipinski definition) is 1. The van der Waals surface area contributed by atoms with E-state index in [9.17, 15) is 8.78 Å². The minimum Gasteiger partial charge on any atom is -0.392 e. The van der Waals surface area contributed by atoms with Gasteiger partial charge in [0.05, 0.1) is 12.5 Å². The van der Waals surface area contributed by atoms with Gasteiger partial charge in [0.1, 0.15) is 10.3 Å². The first-order chi connectivity index (χ1) is 6.60. The van der Waals surface area contributed by atoms with Gasteiger partial charge in [0, 0.05) is 11.1 Å². The van der Waals surface area contributed by atoms with Crippen LogP contribution in [0.3, 0.4) is 0 Å². The predicted molar refractivity (Wildman–Crippen MR) is 52.4 cm³/mol. The third-order valence-corrected chi connectivity index (χ3v) is 2.66. The molecule has 0 unspecified atom stereocenters. The van der Waals surface area contributed by atoms with E-state index in [0.29, 0.717) is 10.2 Å². The second-order valence-corrected chi connectivity index (χ2v) is 3.59. The molecule has 0 radical (unpaired) electrons. The maximum atomic E-state index is 12.4. The molecule has 1 rings (SSSR count). The topological polar surface area (TPSA) is 33.1 Å². The summed E-state index contributed by atoms with van der Waals surface area (Å²) in [5, 5.41) is 8.85. The van der Waals surface area contributed by atoms with E-state index < -0.39 is 18.7 Å². The first-order valence-corrected chi connectivity index (χ1v) is 5.06. The monoisotopic (exact) mass is 285 g/mol. The largest absolute Gasteiger partial charge is 0.392 e. The van der Waals surface area contributed by atoms with E-state index in [1.54, 1.807) is 0 Å². The predicted octanol–water partition coefficient (Wildman–Crippen LogP) is 3.01. The van der Waals surface area contributed by atoms with Crippen LogP contribution >= 0.6 is 27.5 Å². The minimum atomic E-state index is -2.70. The lowest BCUT2D eigenvalue weighted by Gasteiger charge is -2.08. The van der Waals surface area contributed by atoms with Crippen molar-refractivity contribution in [3.05, 3.63) is 27.5 Å². The number of nitrogens with zero attached hydrogens (tertiary/aromatic N) is 1. The first-order valence-electron chi connectivity index (χ1n) is 3.73. The highest BCUT2D eigenvalue weighted by molar-refractivity contribution is 9.10. The second kappa shape index (κ2) is 5.00. The summed E-state index contributed by atoms with van der Waals surface area (Å²) in [6.07, 6.45) is -2.70. The van der Waals surface area contributed by atoms with Crippen LogP contribution in [-0.2, 0) is 12.5 Å². The van der Waals surface area contributed by atoms with Crippen molar-refractivity contribution < 1.29 is 13.9 Å². The molecule has 0 saturated heterocycles. The lowest BCUT2D eigenvalue weighted by Crippen LogP contribution is -2.01. The van der Waals surface area contributed by atoms with Gasteiger partial charge in [0.15, 0.2) is 0 Å². The molecule has 0 saturated carbocycles. The Bertz CT molecular complexity index is 335. The summed E-state index contributed by atoms with van der Waals surface area (Å²) in [5.41, 5.74) is 0.284. The van der Waals surface area contributed by atoms with Gasteiger partial charge in [0.2, 0.25) is 0 Å². The lowest BCUT2D eigenvalue weighted by atomic mass is 10.1.